The molecule has 13 aromatic carbocycles. The fraction of sp³-hybridized carbons (Fsp3) is 0. The molecule has 7 nitrogen and oxygen atoms in total. The highest BCUT2D eigenvalue weighted by atomic mass is 16.5. The van der Waals surface area contributed by atoms with Crippen molar-refractivity contribution in [3.63, 3.8) is 0 Å². The van der Waals surface area contributed by atoms with Crippen LogP contribution in [0.5, 0.6) is 23.0 Å². The van der Waals surface area contributed by atoms with Crippen LogP contribution in [0.25, 0.3) is 0 Å². The highest BCUT2D eigenvalue weighted by Crippen LogP contribution is 2.50. The summed E-state index contributed by atoms with van der Waals surface area (Å²) in [5.41, 5.74) is 22.3. The van der Waals surface area contributed by atoms with Gasteiger partial charge in [-0.2, -0.15) is 0 Å². The van der Waals surface area contributed by atoms with Crippen LogP contribution in [0.4, 0.5) is 85.3 Å². The Bertz CT molecular complexity index is 4600. The molecule has 17 rings (SSSR count). The molecule has 0 atom stereocenters. The predicted octanol–water partition coefficient (Wildman–Crippen LogP) is 16.9. The SMILES string of the molecule is c1ccc(N(c2ccccc2)c2ccc3c(c2)Oc2cc(N(c4ccccc4)c4ccccc4)cc4c2B3c2cc3c(cc2N4c2ccccc2)Oc2cc(N(c4ccccc4)c4ccccc4)cc4c2B3c2ccccc2N4c2ccccc2)cc1. The van der Waals surface area contributed by atoms with Crippen molar-refractivity contribution in [1.29, 1.82) is 0 Å². The van der Waals surface area contributed by atoms with E-state index in [1.165, 1.54) is 5.46 Å². The highest BCUT2D eigenvalue weighted by Gasteiger charge is 2.48. The first-order valence-corrected chi connectivity index (χ1v) is 29.7. The molecule has 9 heteroatoms. The Morgan fingerprint density at radius 1 is 0.218 bits per heavy atom. The lowest BCUT2D eigenvalue weighted by Gasteiger charge is -2.44. The first-order chi connectivity index (χ1) is 43.2. The number of ether oxygens (including phenoxy) is 2. The van der Waals surface area contributed by atoms with Gasteiger partial charge in [-0.05, 0) is 154 Å². The van der Waals surface area contributed by atoms with Gasteiger partial charge in [-0.3, -0.25) is 0 Å². The summed E-state index contributed by atoms with van der Waals surface area (Å²) < 4.78 is 15.2. The van der Waals surface area contributed by atoms with Crippen LogP contribution < -0.4 is 66.8 Å². The van der Waals surface area contributed by atoms with E-state index in [1.807, 2.05) is 0 Å². The molecule has 13 aromatic rings. The maximum absolute atomic E-state index is 7.69. The third-order valence-electron chi connectivity index (χ3n) is 17.4. The molecule has 0 amide bonds. The average molecular weight is 1110 g/mol. The minimum absolute atomic E-state index is 0.193. The fourth-order valence-electron chi connectivity index (χ4n) is 13.8. The van der Waals surface area contributed by atoms with Crippen LogP contribution >= 0.6 is 0 Å². The monoisotopic (exact) mass is 1110 g/mol. The van der Waals surface area contributed by atoms with Gasteiger partial charge in [-0.25, -0.2) is 0 Å². The number of nitrogens with zero attached hydrogens (tertiary/aromatic N) is 5. The Morgan fingerprint density at radius 3 is 1.00 bits per heavy atom. The number of hydrogen-bond acceptors (Lipinski definition) is 7. The van der Waals surface area contributed by atoms with E-state index in [-0.39, 0.29) is 13.4 Å². The van der Waals surface area contributed by atoms with Crippen molar-refractivity contribution in [3.05, 3.63) is 322 Å². The number of fused-ring (bicyclic) bond motifs is 8. The second-order valence-electron chi connectivity index (χ2n) is 22.4. The zero-order valence-electron chi connectivity index (χ0n) is 47.3. The maximum Gasteiger partial charge on any atom is 0.256 e. The molecule has 4 aliphatic heterocycles. The molecule has 0 fully saturated rings. The van der Waals surface area contributed by atoms with Crippen LogP contribution in [0, 0.1) is 0 Å². The van der Waals surface area contributed by atoms with Gasteiger partial charge in [-0.15, -0.1) is 0 Å². The smallest absolute Gasteiger partial charge is 0.256 e. The van der Waals surface area contributed by atoms with Crippen LogP contribution in [0.15, 0.2) is 322 Å². The molecule has 0 saturated carbocycles. The lowest BCUT2D eigenvalue weighted by Crippen LogP contribution is -2.63. The molecule has 4 aliphatic rings. The van der Waals surface area contributed by atoms with Crippen LogP contribution in [0.2, 0.25) is 0 Å². The zero-order chi connectivity index (χ0) is 57.4. The number of rotatable bonds is 11. The van der Waals surface area contributed by atoms with Crippen molar-refractivity contribution in [1.82, 2.24) is 0 Å². The Labute approximate surface area is 507 Å². The summed E-state index contributed by atoms with van der Waals surface area (Å²) in [6.07, 6.45) is 0. The molecule has 4 heterocycles. The summed E-state index contributed by atoms with van der Waals surface area (Å²) in [4.78, 5) is 11.9. The van der Waals surface area contributed by atoms with Crippen LogP contribution in [-0.2, 0) is 0 Å². The standard InChI is InChI=1S/C78H53B2N5O2/c1-9-27-54(28-10-1)81(55-29-11-2-12-30-55)62-45-46-66-73(49-62)86-76-51-64(83(58-35-17-5-18-36-58)59-37-19-6-20-38-59)48-72-78(76)80(66)67-52-68-74(53-70(67)85(72)61-41-23-8-24-42-61)87-75-50-63(82(56-31-13-3-14-32-56)57-33-15-4-16-34-57)47-71-77(75)79(68)65-43-25-26-44-69(65)84(71)60-39-21-7-22-40-60/h1-53H. The lowest BCUT2D eigenvalue weighted by molar-refractivity contribution is 0.487. The van der Waals surface area contributed by atoms with Crippen molar-refractivity contribution in [2.45, 2.75) is 0 Å². The van der Waals surface area contributed by atoms with Gasteiger partial charge in [0.2, 0.25) is 0 Å². The zero-order valence-corrected chi connectivity index (χ0v) is 47.3. The largest absolute Gasteiger partial charge is 0.458 e. The van der Waals surface area contributed by atoms with Gasteiger partial charge in [0.25, 0.3) is 13.4 Å². The van der Waals surface area contributed by atoms with Crippen LogP contribution in [0.1, 0.15) is 0 Å². The Balaban J connectivity index is 0.930. The van der Waals surface area contributed by atoms with E-state index < -0.39 is 0 Å². The number of para-hydroxylation sites is 9. The van der Waals surface area contributed by atoms with Gasteiger partial charge < -0.3 is 34.0 Å². The van der Waals surface area contributed by atoms with Gasteiger partial charge in [0.05, 0.1) is 11.4 Å². The minimum Gasteiger partial charge on any atom is -0.458 e. The van der Waals surface area contributed by atoms with Crippen molar-refractivity contribution in [3.8, 4) is 23.0 Å². The molecule has 0 radical (unpaired) electrons. The Kier molecular flexibility index (Phi) is 11.9. The van der Waals surface area contributed by atoms with E-state index in [0.29, 0.717) is 0 Å². The highest BCUT2D eigenvalue weighted by molar-refractivity contribution is 7.02. The quantitative estimate of drug-likeness (QED) is 0.119. The third-order valence-corrected chi connectivity index (χ3v) is 17.4. The molecule has 0 unspecified atom stereocenters. The Morgan fingerprint density at radius 2 is 0.563 bits per heavy atom. The molecule has 0 saturated heterocycles. The molecule has 0 aromatic heterocycles. The molecular formula is C78H53B2N5O2. The predicted molar refractivity (Wildman–Crippen MR) is 362 cm³/mol. The number of benzene rings is 13. The average Bonchev–Trinajstić information content (AvgIpc) is 1.06. The second kappa shape index (κ2) is 20.7. The first kappa shape index (κ1) is 50.1. The number of anilines is 15. The second-order valence-corrected chi connectivity index (χ2v) is 22.4. The molecule has 0 spiro atoms. The summed E-state index contributed by atoms with van der Waals surface area (Å²) >= 11 is 0. The van der Waals surface area contributed by atoms with Gasteiger partial charge in [-0.1, -0.05) is 176 Å². The Hall–Kier alpha value is -11.4. The summed E-state index contributed by atoms with van der Waals surface area (Å²) in [6, 6.07) is 115. The summed E-state index contributed by atoms with van der Waals surface area (Å²) in [6.45, 7) is -0.444. The van der Waals surface area contributed by atoms with Gasteiger partial charge in [0.1, 0.15) is 23.0 Å². The molecule has 408 valence electrons. The molecule has 87 heavy (non-hydrogen) atoms. The van der Waals surface area contributed by atoms with E-state index in [0.717, 1.165) is 136 Å². The maximum atomic E-state index is 7.69. The van der Waals surface area contributed by atoms with Gasteiger partial charge in [0.15, 0.2) is 0 Å². The summed E-state index contributed by atoms with van der Waals surface area (Å²) in [5, 5.41) is 0. The summed E-state index contributed by atoms with van der Waals surface area (Å²) in [5.74, 6) is 3.21. The molecule has 0 aliphatic carbocycles. The fourth-order valence-corrected chi connectivity index (χ4v) is 13.8. The van der Waals surface area contributed by atoms with E-state index in [1.54, 1.807) is 0 Å². The molecule has 0 bridgehead atoms. The minimum atomic E-state index is -0.251. The van der Waals surface area contributed by atoms with Gasteiger partial charge >= 0.3 is 0 Å². The van der Waals surface area contributed by atoms with Crippen molar-refractivity contribution in [2.24, 2.45) is 0 Å². The third kappa shape index (κ3) is 8.38. The van der Waals surface area contributed by atoms with Crippen molar-refractivity contribution < 1.29 is 9.47 Å². The topological polar surface area (TPSA) is 34.7 Å². The van der Waals surface area contributed by atoms with Gasteiger partial charge in [0, 0.05) is 98.2 Å². The first-order valence-electron chi connectivity index (χ1n) is 29.7. The summed E-state index contributed by atoms with van der Waals surface area (Å²) in [7, 11) is 0. The van der Waals surface area contributed by atoms with E-state index in [2.05, 4.69) is 346 Å². The molecular weight excluding hydrogens is 1060 g/mol. The van der Waals surface area contributed by atoms with Crippen LogP contribution in [-0.4, -0.2) is 13.4 Å². The van der Waals surface area contributed by atoms with E-state index in [4.69, 9.17) is 9.47 Å². The van der Waals surface area contributed by atoms with E-state index in [9.17, 15) is 0 Å². The lowest BCUT2D eigenvalue weighted by atomic mass is 9.31. The molecule has 0 N–H and O–H groups in total. The normalized spacial score (nSPS) is 12.7. The van der Waals surface area contributed by atoms with E-state index >= 15 is 0 Å². The van der Waals surface area contributed by atoms with Crippen LogP contribution in [0.3, 0.4) is 0 Å². The van der Waals surface area contributed by atoms with Crippen molar-refractivity contribution >= 4 is 132 Å². The van der Waals surface area contributed by atoms with Crippen molar-refractivity contribution in [2.75, 3.05) is 24.5 Å². The number of hydrogen-bond donors (Lipinski definition) is 0.